The van der Waals surface area contributed by atoms with E-state index in [2.05, 4.69) is 33.8 Å². The van der Waals surface area contributed by atoms with E-state index in [0.29, 0.717) is 12.3 Å². The molecule has 1 aliphatic carbocycles. The minimum atomic E-state index is 0.116. The molecule has 28 heavy (non-hydrogen) atoms. The molecule has 1 aromatic carbocycles. The fraction of sp³-hybridized carbons (Fsp3) is 0.591. The smallest absolute Gasteiger partial charge is 0.224 e. The van der Waals surface area contributed by atoms with Crippen molar-refractivity contribution < 1.29 is 14.3 Å². The van der Waals surface area contributed by atoms with E-state index in [9.17, 15) is 4.79 Å². The number of ether oxygens (including phenoxy) is 2. The molecule has 1 aromatic heterocycles. The molecule has 2 heterocycles. The lowest BCUT2D eigenvalue weighted by Crippen LogP contribution is -2.38. The zero-order chi connectivity index (χ0) is 19.5. The van der Waals surface area contributed by atoms with Gasteiger partial charge in [-0.1, -0.05) is 0 Å². The average Bonchev–Trinajstić information content (AvgIpc) is 3.52. The second-order valence-electron chi connectivity index (χ2n) is 7.98. The molecule has 1 N–H and O–H groups in total. The van der Waals surface area contributed by atoms with E-state index in [1.807, 2.05) is 6.07 Å². The Labute approximate surface area is 166 Å². The lowest BCUT2D eigenvalue weighted by Gasteiger charge is -2.27. The van der Waals surface area contributed by atoms with Crippen LogP contribution < -0.4 is 10.1 Å². The van der Waals surface area contributed by atoms with Crippen LogP contribution in [0.3, 0.4) is 0 Å². The van der Waals surface area contributed by atoms with Gasteiger partial charge in [-0.25, -0.2) is 0 Å². The van der Waals surface area contributed by atoms with Crippen molar-refractivity contribution in [1.82, 2.24) is 14.8 Å². The van der Waals surface area contributed by atoms with Gasteiger partial charge in [0, 0.05) is 49.3 Å². The van der Waals surface area contributed by atoms with Crippen LogP contribution >= 0.6 is 0 Å². The first-order chi connectivity index (χ1) is 13.7. The molecule has 152 valence electrons. The minimum absolute atomic E-state index is 0.116. The lowest BCUT2D eigenvalue weighted by atomic mass is 10.1. The predicted octanol–water partition coefficient (Wildman–Crippen LogP) is 2.36. The van der Waals surface area contributed by atoms with Gasteiger partial charge in [-0.15, -0.1) is 0 Å². The van der Waals surface area contributed by atoms with Crippen LogP contribution in [0.4, 0.5) is 0 Å². The van der Waals surface area contributed by atoms with Gasteiger partial charge in [-0.05, 0) is 49.4 Å². The summed E-state index contributed by atoms with van der Waals surface area (Å²) >= 11 is 0. The number of amides is 1. The molecule has 1 saturated carbocycles. The Bertz CT molecular complexity index is 835. The van der Waals surface area contributed by atoms with Crippen LogP contribution in [0.15, 0.2) is 18.2 Å². The molecule has 0 spiro atoms. The Hall–Kier alpha value is -2.05. The topological polar surface area (TPSA) is 55.7 Å². The van der Waals surface area contributed by atoms with Gasteiger partial charge in [0.25, 0.3) is 0 Å². The first kappa shape index (κ1) is 19.3. The first-order valence-corrected chi connectivity index (χ1v) is 10.4. The molecule has 0 radical (unpaired) electrons. The normalized spacial score (nSPS) is 17.8. The highest BCUT2D eigenvalue weighted by Gasteiger charge is 2.23. The van der Waals surface area contributed by atoms with Crippen molar-refractivity contribution in [2.24, 2.45) is 5.92 Å². The molecule has 6 nitrogen and oxygen atoms in total. The quantitative estimate of drug-likeness (QED) is 0.758. The highest BCUT2D eigenvalue weighted by atomic mass is 16.5. The number of nitrogens with one attached hydrogen (secondary N) is 1. The summed E-state index contributed by atoms with van der Waals surface area (Å²) in [5.74, 6) is 1.64. The molecule has 0 bridgehead atoms. The summed E-state index contributed by atoms with van der Waals surface area (Å²) in [5.41, 5.74) is 3.47. The van der Waals surface area contributed by atoms with Crippen LogP contribution in [-0.4, -0.2) is 61.9 Å². The van der Waals surface area contributed by atoms with E-state index in [1.165, 1.54) is 24.1 Å². The van der Waals surface area contributed by atoms with Crippen LogP contribution in [0.5, 0.6) is 5.75 Å². The summed E-state index contributed by atoms with van der Waals surface area (Å²) in [6, 6.07) is 6.19. The fourth-order valence-electron chi connectivity index (χ4n) is 4.04. The largest absolute Gasteiger partial charge is 0.497 e. The van der Waals surface area contributed by atoms with E-state index < -0.39 is 0 Å². The maximum Gasteiger partial charge on any atom is 0.224 e. The first-order valence-electron chi connectivity index (χ1n) is 10.4. The zero-order valence-corrected chi connectivity index (χ0v) is 17.0. The number of rotatable bonds is 8. The number of carbonyl (C=O) groups excluding carboxylic acids is 1. The van der Waals surface area contributed by atoms with E-state index >= 15 is 0 Å². The second-order valence-corrected chi connectivity index (χ2v) is 7.98. The molecule has 2 fully saturated rings. The number of fused-ring (bicyclic) bond motifs is 1. The Kier molecular flexibility index (Phi) is 5.87. The number of hydrogen-bond acceptors (Lipinski definition) is 4. The van der Waals surface area contributed by atoms with E-state index in [-0.39, 0.29) is 5.91 Å². The van der Waals surface area contributed by atoms with Gasteiger partial charge < -0.3 is 19.4 Å². The second kappa shape index (κ2) is 8.53. The van der Waals surface area contributed by atoms with Gasteiger partial charge in [0.2, 0.25) is 5.91 Å². The van der Waals surface area contributed by atoms with Crippen molar-refractivity contribution in [3.8, 4) is 5.75 Å². The van der Waals surface area contributed by atoms with Crippen molar-refractivity contribution in [2.45, 2.75) is 32.7 Å². The van der Waals surface area contributed by atoms with E-state index in [0.717, 1.165) is 62.6 Å². The van der Waals surface area contributed by atoms with E-state index in [4.69, 9.17) is 9.47 Å². The average molecular weight is 386 g/mol. The summed E-state index contributed by atoms with van der Waals surface area (Å²) in [4.78, 5) is 15.0. The SMILES string of the molecule is COc1ccc2c(c1)c(CC(=O)NCC1CC1)c(C)n2CCN1CCOCC1. The Morgan fingerprint density at radius 2 is 2.04 bits per heavy atom. The number of methoxy groups -OCH3 is 1. The number of hydrogen-bond donors (Lipinski definition) is 1. The van der Waals surface area contributed by atoms with Crippen molar-refractivity contribution in [3.63, 3.8) is 0 Å². The van der Waals surface area contributed by atoms with Gasteiger partial charge in [0.1, 0.15) is 5.75 Å². The zero-order valence-electron chi connectivity index (χ0n) is 17.0. The van der Waals surface area contributed by atoms with Crippen LogP contribution in [0.1, 0.15) is 24.1 Å². The van der Waals surface area contributed by atoms with E-state index in [1.54, 1.807) is 7.11 Å². The van der Waals surface area contributed by atoms with Gasteiger partial charge in [-0.3, -0.25) is 9.69 Å². The fourth-order valence-corrected chi connectivity index (χ4v) is 4.04. The van der Waals surface area contributed by atoms with Gasteiger partial charge in [0.15, 0.2) is 0 Å². The molecule has 4 rings (SSSR count). The molecule has 6 heteroatoms. The molecule has 1 aliphatic heterocycles. The maximum absolute atomic E-state index is 12.5. The van der Waals surface area contributed by atoms with Crippen molar-refractivity contribution >= 4 is 16.8 Å². The third-order valence-corrected chi connectivity index (χ3v) is 6.03. The summed E-state index contributed by atoms with van der Waals surface area (Å²) in [7, 11) is 1.69. The van der Waals surface area contributed by atoms with Crippen molar-refractivity contribution in [1.29, 1.82) is 0 Å². The summed E-state index contributed by atoms with van der Waals surface area (Å²) in [5, 5.41) is 4.23. The maximum atomic E-state index is 12.5. The highest BCUT2D eigenvalue weighted by molar-refractivity contribution is 5.91. The molecule has 2 aromatic rings. The Balaban J connectivity index is 1.56. The lowest BCUT2D eigenvalue weighted by molar-refractivity contribution is -0.120. The molecule has 1 amide bonds. The molecule has 2 aliphatic rings. The van der Waals surface area contributed by atoms with Crippen LogP contribution in [0.2, 0.25) is 0 Å². The Morgan fingerprint density at radius 1 is 1.25 bits per heavy atom. The van der Waals surface area contributed by atoms with Crippen LogP contribution in [-0.2, 0) is 22.5 Å². The molecule has 0 atom stereocenters. The third-order valence-electron chi connectivity index (χ3n) is 6.03. The monoisotopic (exact) mass is 385 g/mol. The third kappa shape index (κ3) is 4.33. The Morgan fingerprint density at radius 3 is 2.75 bits per heavy atom. The highest BCUT2D eigenvalue weighted by Crippen LogP contribution is 2.30. The van der Waals surface area contributed by atoms with Crippen molar-refractivity contribution in [2.75, 3.05) is 46.5 Å². The summed E-state index contributed by atoms with van der Waals surface area (Å²) in [6.45, 7) is 8.47. The van der Waals surface area contributed by atoms with Gasteiger partial charge in [-0.2, -0.15) is 0 Å². The number of aromatic nitrogens is 1. The predicted molar refractivity (Wildman–Crippen MR) is 110 cm³/mol. The molecular formula is C22H31N3O3. The molecular weight excluding hydrogens is 354 g/mol. The van der Waals surface area contributed by atoms with Crippen LogP contribution in [0.25, 0.3) is 10.9 Å². The summed E-state index contributed by atoms with van der Waals surface area (Å²) < 4.78 is 13.3. The number of carbonyl (C=O) groups is 1. The van der Waals surface area contributed by atoms with Crippen molar-refractivity contribution in [3.05, 3.63) is 29.5 Å². The van der Waals surface area contributed by atoms with Gasteiger partial charge in [0.05, 0.1) is 26.7 Å². The number of morpholine rings is 1. The minimum Gasteiger partial charge on any atom is -0.497 e. The van der Waals surface area contributed by atoms with Gasteiger partial charge >= 0.3 is 0 Å². The summed E-state index contributed by atoms with van der Waals surface area (Å²) in [6.07, 6.45) is 2.92. The molecule has 0 unspecified atom stereocenters. The van der Waals surface area contributed by atoms with Crippen LogP contribution in [0, 0.1) is 12.8 Å². The molecule has 1 saturated heterocycles. The number of benzene rings is 1. The standard InChI is InChI=1S/C22H31N3O3/c1-16-19(14-22(26)23-15-17-3-4-17)20-13-18(27-2)5-6-21(20)25(16)8-7-24-9-11-28-12-10-24/h5-6,13,17H,3-4,7-12,14-15H2,1-2H3,(H,23,26). The number of nitrogens with zero attached hydrogens (tertiary/aromatic N) is 2.